The highest BCUT2D eigenvalue weighted by Gasteiger charge is 2.26. The van der Waals surface area contributed by atoms with Crippen molar-refractivity contribution in [3.05, 3.63) is 28.0 Å². The molecule has 1 saturated heterocycles. The van der Waals surface area contributed by atoms with Crippen LogP contribution in [-0.4, -0.2) is 47.2 Å². The number of morpholine rings is 1. The molecule has 5 nitrogen and oxygen atoms in total. The molecular weight excluding hydrogens is 278 g/mol. The number of hydrogen-bond donors (Lipinski definition) is 1. The largest absolute Gasteiger partial charge is 0.478 e. The first-order chi connectivity index (χ1) is 9.45. The molecule has 1 amide bonds. The Bertz CT molecular complexity index is 527. The maximum absolute atomic E-state index is 12.4. The van der Waals surface area contributed by atoms with E-state index in [1.165, 1.54) is 17.4 Å². The number of nitrogens with zero attached hydrogens (tertiary/aromatic N) is 1. The van der Waals surface area contributed by atoms with Crippen LogP contribution in [0.15, 0.2) is 17.5 Å². The molecule has 0 radical (unpaired) electrons. The Morgan fingerprint density at radius 1 is 1.40 bits per heavy atom. The number of carboxylic acid groups (broad SMARTS) is 1. The first kappa shape index (κ1) is 14.7. The van der Waals surface area contributed by atoms with Crippen LogP contribution in [0.4, 0.5) is 0 Å². The molecule has 1 fully saturated rings. The van der Waals surface area contributed by atoms with E-state index in [0.29, 0.717) is 18.7 Å². The molecule has 20 heavy (non-hydrogen) atoms. The fraction of sp³-hybridized carbons (Fsp3) is 0.429. The van der Waals surface area contributed by atoms with Gasteiger partial charge in [-0.05, 0) is 26.0 Å². The van der Waals surface area contributed by atoms with E-state index in [-0.39, 0.29) is 18.1 Å². The van der Waals surface area contributed by atoms with Gasteiger partial charge in [-0.2, -0.15) is 0 Å². The Kier molecular flexibility index (Phi) is 4.57. The van der Waals surface area contributed by atoms with Crippen molar-refractivity contribution in [2.24, 2.45) is 0 Å². The number of carbonyl (C=O) groups is 2. The maximum Gasteiger partial charge on any atom is 0.328 e. The highest BCUT2D eigenvalue weighted by molar-refractivity contribution is 7.11. The van der Waals surface area contributed by atoms with Crippen LogP contribution < -0.4 is 0 Å². The molecule has 2 heterocycles. The van der Waals surface area contributed by atoms with Gasteiger partial charge in [0.2, 0.25) is 0 Å². The molecule has 0 bridgehead atoms. The van der Waals surface area contributed by atoms with Crippen molar-refractivity contribution in [1.82, 2.24) is 4.90 Å². The molecule has 1 aliphatic rings. The minimum Gasteiger partial charge on any atom is -0.478 e. The summed E-state index contributed by atoms with van der Waals surface area (Å²) in [5, 5.41) is 10.3. The molecule has 0 aromatic carbocycles. The maximum atomic E-state index is 12.4. The summed E-state index contributed by atoms with van der Waals surface area (Å²) >= 11 is 1.36. The lowest BCUT2D eigenvalue weighted by atomic mass is 10.2. The number of hydrogen-bond acceptors (Lipinski definition) is 4. The van der Waals surface area contributed by atoms with Gasteiger partial charge in [0.15, 0.2) is 0 Å². The average molecular weight is 295 g/mol. The summed E-state index contributed by atoms with van der Waals surface area (Å²) in [6.07, 6.45) is 2.63. The third-order valence-electron chi connectivity index (χ3n) is 2.96. The monoisotopic (exact) mass is 295 g/mol. The first-order valence-electron chi connectivity index (χ1n) is 6.40. The van der Waals surface area contributed by atoms with Crippen LogP contribution in [0, 0.1) is 0 Å². The van der Waals surface area contributed by atoms with Gasteiger partial charge >= 0.3 is 5.97 Å². The number of rotatable bonds is 3. The van der Waals surface area contributed by atoms with Gasteiger partial charge in [0.05, 0.1) is 17.8 Å². The molecule has 6 heteroatoms. The molecule has 0 aliphatic carbocycles. The van der Waals surface area contributed by atoms with Gasteiger partial charge in [-0.1, -0.05) is 0 Å². The molecule has 0 spiro atoms. The van der Waals surface area contributed by atoms with E-state index in [9.17, 15) is 9.59 Å². The third-order valence-corrected chi connectivity index (χ3v) is 3.86. The summed E-state index contributed by atoms with van der Waals surface area (Å²) < 4.78 is 5.60. The lowest BCUT2D eigenvalue weighted by Crippen LogP contribution is -2.48. The minimum atomic E-state index is -0.998. The molecule has 1 aromatic rings. The smallest absolute Gasteiger partial charge is 0.328 e. The van der Waals surface area contributed by atoms with Crippen LogP contribution in [0.25, 0.3) is 6.08 Å². The van der Waals surface area contributed by atoms with E-state index in [0.717, 1.165) is 11.0 Å². The second kappa shape index (κ2) is 6.19. The van der Waals surface area contributed by atoms with Crippen LogP contribution in [0.2, 0.25) is 0 Å². The van der Waals surface area contributed by atoms with Crippen LogP contribution in [0.5, 0.6) is 0 Å². The first-order valence-corrected chi connectivity index (χ1v) is 7.28. The molecular formula is C14H17NO4S. The SMILES string of the molecule is CC1CN(C(=O)c2csc(C=CC(=O)O)c2)CC(C)O1. The Balaban J connectivity index is 2.07. The zero-order valence-corrected chi connectivity index (χ0v) is 12.2. The van der Waals surface area contributed by atoms with Crippen molar-refractivity contribution >= 4 is 29.3 Å². The Hall–Kier alpha value is -1.66. The average Bonchev–Trinajstić information content (AvgIpc) is 2.83. The zero-order chi connectivity index (χ0) is 14.7. The van der Waals surface area contributed by atoms with Crippen molar-refractivity contribution in [1.29, 1.82) is 0 Å². The van der Waals surface area contributed by atoms with Crippen LogP contribution in [0.1, 0.15) is 29.1 Å². The Morgan fingerprint density at radius 3 is 2.65 bits per heavy atom. The van der Waals surface area contributed by atoms with Gasteiger partial charge in [-0.25, -0.2) is 4.79 Å². The van der Waals surface area contributed by atoms with Gasteiger partial charge in [-0.15, -0.1) is 11.3 Å². The van der Waals surface area contributed by atoms with Crippen LogP contribution in [0.3, 0.4) is 0 Å². The van der Waals surface area contributed by atoms with Crippen LogP contribution >= 0.6 is 11.3 Å². The van der Waals surface area contributed by atoms with E-state index in [1.54, 1.807) is 16.3 Å². The summed E-state index contributed by atoms with van der Waals surface area (Å²) in [5.74, 6) is -1.03. The molecule has 1 N–H and O–H groups in total. The zero-order valence-electron chi connectivity index (χ0n) is 11.4. The summed E-state index contributed by atoms with van der Waals surface area (Å²) in [5.41, 5.74) is 0.598. The molecule has 108 valence electrons. The van der Waals surface area contributed by atoms with E-state index in [1.807, 2.05) is 13.8 Å². The quantitative estimate of drug-likeness (QED) is 0.867. The predicted molar refractivity (Wildman–Crippen MR) is 76.9 cm³/mol. The van der Waals surface area contributed by atoms with E-state index < -0.39 is 5.97 Å². The molecule has 1 aliphatic heterocycles. The summed E-state index contributed by atoms with van der Waals surface area (Å²) in [7, 11) is 0. The van der Waals surface area contributed by atoms with E-state index in [2.05, 4.69) is 0 Å². The molecule has 2 rings (SSSR count). The van der Waals surface area contributed by atoms with Crippen molar-refractivity contribution in [2.45, 2.75) is 26.1 Å². The predicted octanol–water partition coefficient (Wildman–Crippen LogP) is 2.10. The minimum absolute atomic E-state index is 0.0294. The van der Waals surface area contributed by atoms with Crippen molar-refractivity contribution in [2.75, 3.05) is 13.1 Å². The number of amides is 1. The Labute approximate surface area is 121 Å². The van der Waals surface area contributed by atoms with E-state index in [4.69, 9.17) is 9.84 Å². The molecule has 2 atom stereocenters. The Morgan fingerprint density at radius 2 is 2.05 bits per heavy atom. The highest BCUT2D eigenvalue weighted by atomic mass is 32.1. The topological polar surface area (TPSA) is 66.8 Å². The van der Waals surface area contributed by atoms with Gasteiger partial charge in [-0.3, -0.25) is 4.79 Å². The van der Waals surface area contributed by atoms with Crippen molar-refractivity contribution < 1.29 is 19.4 Å². The van der Waals surface area contributed by atoms with Gasteiger partial charge < -0.3 is 14.7 Å². The van der Waals surface area contributed by atoms with Crippen LogP contribution in [-0.2, 0) is 9.53 Å². The fourth-order valence-corrected chi connectivity index (χ4v) is 3.01. The number of carbonyl (C=O) groups excluding carboxylic acids is 1. The van der Waals surface area contributed by atoms with Gasteiger partial charge in [0, 0.05) is 29.4 Å². The summed E-state index contributed by atoms with van der Waals surface area (Å²) in [4.78, 5) is 25.4. The number of aliphatic carboxylic acids is 1. The molecule has 2 unspecified atom stereocenters. The lowest BCUT2D eigenvalue weighted by Gasteiger charge is -2.35. The highest BCUT2D eigenvalue weighted by Crippen LogP contribution is 2.20. The van der Waals surface area contributed by atoms with Gasteiger partial charge in [0.25, 0.3) is 5.91 Å². The fourth-order valence-electron chi connectivity index (χ4n) is 2.23. The van der Waals surface area contributed by atoms with Gasteiger partial charge in [0.1, 0.15) is 0 Å². The standard InChI is InChI=1S/C14H17NO4S/c1-9-6-15(7-10(2)19-9)14(18)11-5-12(20-8-11)3-4-13(16)17/h3-5,8-10H,6-7H2,1-2H3,(H,16,17). The molecule has 0 saturated carbocycles. The van der Waals surface area contributed by atoms with E-state index >= 15 is 0 Å². The summed E-state index contributed by atoms with van der Waals surface area (Å²) in [6.45, 7) is 5.06. The van der Waals surface area contributed by atoms with Crippen molar-refractivity contribution in [3.8, 4) is 0 Å². The number of ether oxygens (including phenoxy) is 1. The second-order valence-corrected chi connectivity index (χ2v) is 5.82. The number of thiophene rings is 1. The normalized spacial score (nSPS) is 23.2. The number of carboxylic acids is 1. The third kappa shape index (κ3) is 3.68. The second-order valence-electron chi connectivity index (χ2n) is 4.88. The van der Waals surface area contributed by atoms with Crippen molar-refractivity contribution in [3.63, 3.8) is 0 Å². The lowest BCUT2D eigenvalue weighted by molar-refractivity contribution is -0.131. The molecule has 1 aromatic heterocycles. The summed E-state index contributed by atoms with van der Waals surface area (Å²) in [6, 6.07) is 1.72.